The minimum atomic E-state index is -4.24. The van der Waals surface area contributed by atoms with Crippen LogP contribution in [-0.4, -0.2) is 51.7 Å². The first-order valence-electron chi connectivity index (χ1n) is 11.6. The van der Waals surface area contributed by atoms with Crippen molar-refractivity contribution in [1.29, 1.82) is 0 Å². The summed E-state index contributed by atoms with van der Waals surface area (Å²) < 4.78 is 66.3. The molecule has 1 aliphatic rings. The molecule has 11 heteroatoms. The van der Waals surface area contributed by atoms with Crippen molar-refractivity contribution in [2.75, 3.05) is 26.3 Å². The minimum Gasteiger partial charge on any atom is -0.466 e. The van der Waals surface area contributed by atoms with E-state index in [9.17, 15) is 26.8 Å². The number of nitrogens with zero attached hydrogens (tertiary/aromatic N) is 1. The van der Waals surface area contributed by atoms with Crippen molar-refractivity contribution < 1.29 is 36.3 Å². The molecule has 0 saturated carbocycles. The highest BCUT2D eigenvalue weighted by Gasteiger charge is 2.37. The third kappa shape index (κ3) is 6.53. The topological polar surface area (TPSA) is 90.0 Å². The van der Waals surface area contributed by atoms with E-state index < -0.39 is 44.7 Å². The summed E-state index contributed by atoms with van der Waals surface area (Å²) >= 11 is 5.88. The smallest absolute Gasteiger partial charge is 0.409 e. The molecule has 36 heavy (non-hydrogen) atoms. The summed E-state index contributed by atoms with van der Waals surface area (Å²) in [4.78, 5) is 26.0. The van der Waals surface area contributed by atoms with Crippen LogP contribution < -0.4 is 0 Å². The van der Waals surface area contributed by atoms with Crippen molar-refractivity contribution in [3.05, 3.63) is 64.7 Å². The molecular weight excluding hydrogens is 516 g/mol. The van der Waals surface area contributed by atoms with Gasteiger partial charge in [-0.15, -0.1) is 0 Å². The second-order valence-electron chi connectivity index (χ2n) is 8.68. The van der Waals surface area contributed by atoms with E-state index in [1.54, 1.807) is 6.92 Å². The third-order valence-electron chi connectivity index (χ3n) is 6.03. The molecule has 3 rings (SSSR count). The van der Waals surface area contributed by atoms with E-state index >= 15 is 0 Å². The van der Waals surface area contributed by atoms with Gasteiger partial charge in [0, 0.05) is 29.6 Å². The SMILES string of the molecule is CCOC(=O)C1CCCN(C(=O)OC[C@@H](C)[C@@H](c2cc(F)ccc2F)S(=O)(=O)c2ccc(Cl)cc2)C1. The van der Waals surface area contributed by atoms with Gasteiger partial charge in [0.1, 0.15) is 11.6 Å². The molecule has 0 spiro atoms. The number of rotatable bonds is 8. The molecule has 0 aliphatic carbocycles. The number of carbonyl (C=O) groups is 2. The van der Waals surface area contributed by atoms with Crippen LogP contribution in [-0.2, 0) is 24.1 Å². The molecule has 0 aromatic heterocycles. The van der Waals surface area contributed by atoms with Crippen molar-refractivity contribution in [1.82, 2.24) is 4.90 Å². The number of benzene rings is 2. The second kappa shape index (κ2) is 12.0. The molecule has 1 fully saturated rings. The molecule has 7 nitrogen and oxygen atoms in total. The molecule has 2 aromatic rings. The number of likely N-dealkylation sites (tertiary alicyclic amines) is 1. The standard InChI is InChI=1S/C25H28ClF2NO6S/c1-3-34-24(30)17-5-4-12-29(14-17)25(31)35-15-16(2)23(21-13-19(27)8-11-22(21)28)36(32,33)20-9-6-18(26)7-10-20/h6-11,13,16-17,23H,3-5,12,14-15H2,1-2H3/t16-,17?,23+/m1/s1. The molecule has 0 radical (unpaired) electrons. The van der Waals surface area contributed by atoms with Gasteiger partial charge in [-0.3, -0.25) is 4.79 Å². The van der Waals surface area contributed by atoms with Gasteiger partial charge in [-0.25, -0.2) is 22.0 Å². The maximum atomic E-state index is 14.7. The Morgan fingerprint density at radius 3 is 2.50 bits per heavy atom. The summed E-state index contributed by atoms with van der Waals surface area (Å²) in [6.45, 7) is 3.52. The van der Waals surface area contributed by atoms with E-state index in [1.165, 1.54) is 36.1 Å². The zero-order valence-corrected chi connectivity index (χ0v) is 21.5. The van der Waals surface area contributed by atoms with Gasteiger partial charge in [-0.1, -0.05) is 18.5 Å². The molecule has 1 unspecified atom stereocenters. The van der Waals surface area contributed by atoms with Gasteiger partial charge in [0.05, 0.1) is 29.3 Å². The van der Waals surface area contributed by atoms with Gasteiger partial charge in [0.15, 0.2) is 9.84 Å². The lowest BCUT2D eigenvalue weighted by atomic mass is 9.98. The van der Waals surface area contributed by atoms with Crippen LogP contribution in [0.15, 0.2) is 47.4 Å². The van der Waals surface area contributed by atoms with Crippen LogP contribution >= 0.6 is 11.6 Å². The van der Waals surface area contributed by atoms with Crippen molar-refractivity contribution in [3.63, 3.8) is 0 Å². The normalized spacial score (nSPS) is 17.8. The lowest BCUT2D eigenvalue weighted by Gasteiger charge is -2.31. The first-order valence-corrected chi connectivity index (χ1v) is 13.5. The Balaban J connectivity index is 1.82. The highest BCUT2D eigenvalue weighted by atomic mass is 35.5. The quantitative estimate of drug-likeness (QED) is 0.426. The number of carbonyl (C=O) groups excluding carboxylic acids is 2. The van der Waals surface area contributed by atoms with E-state index in [-0.39, 0.29) is 36.2 Å². The van der Waals surface area contributed by atoms with E-state index in [0.29, 0.717) is 24.4 Å². The van der Waals surface area contributed by atoms with Crippen LogP contribution in [0.25, 0.3) is 0 Å². The zero-order chi connectivity index (χ0) is 26.5. The first-order chi connectivity index (χ1) is 17.0. The maximum Gasteiger partial charge on any atom is 0.409 e. The summed E-state index contributed by atoms with van der Waals surface area (Å²) in [5.74, 6) is -3.51. The van der Waals surface area contributed by atoms with Gasteiger partial charge in [0.2, 0.25) is 0 Å². The maximum absolute atomic E-state index is 14.7. The number of amides is 1. The van der Waals surface area contributed by atoms with E-state index in [0.717, 1.165) is 18.2 Å². The van der Waals surface area contributed by atoms with E-state index in [1.807, 2.05) is 0 Å². The van der Waals surface area contributed by atoms with Crippen LogP contribution in [0, 0.1) is 23.5 Å². The summed E-state index contributed by atoms with van der Waals surface area (Å²) in [7, 11) is -4.24. The van der Waals surface area contributed by atoms with Crippen LogP contribution in [0.3, 0.4) is 0 Å². The Hall–Kier alpha value is -2.72. The Morgan fingerprint density at radius 1 is 1.14 bits per heavy atom. The van der Waals surface area contributed by atoms with E-state index in [4.69, 9.17) is 21.1 Å². The molecule has 1 aliphatic heterocycles. The van der Waals surface area contributed by atoms with Gasteiger partial charge < -0.3 is 14.4 Å². The lowest BCUT2D eigenvalue weighted by Crippen LogP contribution is -2.43. The highest BCUT2D eigenvalue weighted by molar-refractivity contribution is 7.91. The number of ether oxygens (including phenoxy) is 2. The summed E-state index contributed by atoms with van der Waals surface area (Å²) in [6, 6.07) is 7.92. The molecule has 0 N–H and O–H groups in total. The molecule has 1 saturated heterocycles. The summed E-state index contributed by atoms with van der Waals surface area (Å²) in [5, 5.41) is -1.23. The fourth-order valence-electron chi connectivity index (χ4n) is 4.26. The van der Waals surface area contributed by atoms with Gasteiger partial charge in [-0.05, 0) is 62.2 Å². The number of halogens is 3. The van der Waals surface area contributed by atoms with Gasteiger partial charge >= 0.3 is 12.1 Å². The average molecular weight is 544 g/mol. The molecule has 0 bridgehead atoms. The predicted molar refractivity (Wildman–Crippen MR) is 129 cm³/mol. The predicted octanol–water partition coefficient (Wildman–Crippen LogP) is 5.18. The lowest BCUT2D eigenvalue weighted by molar-refractivity contribution is -0.149. The second-order valence-corrected chi connectivity index (χ2v) is 11.2. The van der Waals surface area contributed by atoms with Crippen molar-refractivity contribution in [2.24, 2.45) is 11.8 Å². The average Bonchev–Trinajstić information content (AvgIpc) is 2.85. The summed E-state index contributed by atoms with van der Waals surface area (Å²) in [5.41, 5.74) is -0.367. The van der Waals surface area contributed by atoms with Crippen LogP contribution in [0.4, 0.5) is 13.6 Å². The van der Waals surface area contributed by atoms with Crippen molar-refractivity contribution in [2.45, 2.75) is 36.8 Å². The number of sulfone groups is 1. The molecule has 1 heterocycles. The Bertz CT molecular complexity index is 1190. The van der Waals surface area contributed by atoms with Gasteiger partial charge in [-0.2, -0.15) is 0 Å². The van der Waals surface area contributed by atoms with E-state index in [2.05, 4.69) is 0 Å². The molecular formula is C25H28ClF2NO6S. The van der Waals surface area contributed by atoms with Crippen LogP contribution in [0.5, 0.6) is 0 Å². The highest BCUT2D eigenvalue weighted by Crippen LogP contribution is 2.37. The monoisotopic (exact) mass is 543 g/mol. The molecule has 3 atom stereocenters. The number of piperidine rings is 1. The Kier molecular flexibility index (Phi) is 9.30. The fourth-order valence-corrected chi connectivity index (χ4v) is 6.40. The summed E-state index contributed by atoms with van der Waals surface area (Å²) in [6.07, 6.45) is 0.438. The molecule has 196 valence electrons. The van der Waals surface area contributed by atoms with Crippen molar-refractivity contribution >= 4 is 33.5 Å². The zero-order valence-electron chi connectivity index (χ0n) is 20.0. The van der Waals surface area contributed by atoms with Crippen LogP contribution in [0.1, 0.15) is 37.5 Å². The Morgan fingerprint density at radius 2 is 1.83 bits per heavy atom. The molecule has 2 aromatic carbocycles. The van der Waals surface area contributed by atoms with Crippen molar-refractivity contribution in [3.8, 4) is 0 Å². The third-order valence-corrected chi connectivity index (χ3v) is 8.60. The number of hydrogen-bond donors (Lipinski definition) is 0. The first kappa shape index (κ1) is 27.9. The molecule has 1 amide bonds. The van der Waals surface area contributed by atoms with Gasteiger partial charge in [0.25, 0.3) is 0 Å². The fraction of sp³-hybridized carbons (Fsp3) is 0.440. The minimum absolute atomic E-state index is 0.122. The van der Waals surface area contributed by atoms with Crippen LogP contribution in [0.2, 0.25) is 5.02 Å². The number of hydrogen-bond acceptors (Lipinski definition) is 6. The largest absolute Gasteiger partial charge is 0.466 e. The Labute approximate surface area is 214 Å². The number of esters is 1.